The number of methoxy groups -OCH3 is 1. The van der Waals surface area contributed by atoms with Gasteiger partial charge in [-0.15, -0.1) is 0 Å². The zero-order valence-corrected chi connectivity index (χ0v) is 11.5. The molecule has 1 aromatic carbocycles. The number of hydrogen-bond acceptors (Lipinski definition) is 4. The van der Waals surface area contributed by atoms with Crippen LogP contribution in [0.5, 0.6) is 5.75 Å². The number of piperazine rings is 1. The first-order valence-corrected chi connectivity index (χ1v) is 6.39. The maximum atomic E-state index is 11.3. The summed E-state index contributed by atoms with van der Waals surface area (Å²) in [4.78, 5) is 11.3. The molecule has 104 valence electrons. The topological polar surface area (TPSA) is 70.6 Å². The van der Waals surface area contributed by atoms with Gasteiger partial charge in [-0.2, -0.15) is 0 Å². The van der Waals surface area contributed by atoms with Crippen molar-refractivity contribution in [2.75, 3.05) is 20.2 Å². The van der Waals surface area contributed by atoms with E-state index in [1.807, 2.05) is 26.0 Å². The molecule has 1 aliphatic heterocycles. The smallest absolute Gasteiger partial charge is 0.322 e. The lowest BCUT2D eigenvalue weighted by atomic mass is 9.94. The summed E-state index contributed by atoms with van der Waals surface area (Å²) >= 11 is 0. The Morgan fingerprint density at radius 3 is 2.37 bits per heavy atom. The van der Waals surface area contributed by atoms with Crippen LogP contribution >= 0.6 is 0 Å². The maximum absolute atomic E-state index is 11.3. The van der Waals surface area contributed by atoms with E-state index in [-0.39, 0.29) is 6.04 Å². The van der Waals surface area contributed by atoms with Crippen molar-refractivity contribution in [1.29, 1.82) is 0 Å². The number of hydrogen-bond donors (Lipinski definition) is 3. The summed E-state index contributed by atoms with van der Waals surface area (Å²) in [5, 5.41) is 15.6. The van der Waals surface area contributed by atoms with Crippen LogP contribution in [0.25, 0.3) is 0 Å². The summed E-state index contributed by atoms with van der Waals surface area (Å²) in [6.07, 6.45) is 0. The first kappa shape index (κ1) is 13.8. The highest BCUT2D eigenvalue weighted by molar-refractivity contribution is 5.75. The van der Waals surface area contributed by atoms with E-state index in [0.29, 0.717) is 6.54 Å². The van der Waals surface area contributed by atoms with Gasteiger partial charge in [0.05, 0.1) is 13.2 Å². The van der Waals surface area contributed by atoms with Gasteiger partial charge in [0.15, 0.2) is 0 Å². The van der Waals surface area contributed by atoms with Crippen molar-refractivity contribution in [1.82, 2.24) is 10.6 Å². The molecule has 2 rings (SSSR count). The third-order valence-electron chi connectivity index (χ3n) is 3.50. The van der Waals surface area contributed by atoms with Gasteiger partial charge in [-0.1, -0.05) is 12.1 Å². The van der Waals surface area contributed by atoms with Crippen LogP contribution in [0, 0.1) is 13.8 Å². The van der Waals surface area contributed by atoms with Gasteiger partial charge < -0.3 is 20.5 Å². The van der Waals surface area contributed by atoms with Crippen molar-refractivity contribution in [2.45, 2.75) is 25.9 Å². The van der Waals surface area contributed by atoms with Crippen LogP contribution in [0.3, 0.4) is 0 Å². The molecule has 1 fully saturated rings. The van der Waals surface area contributed by atoms with Gasteiger partial charge in [0.25, 0.3) is 0 Å². The zero-order chi connectivity index (χ0) is 14.0. The van der Waals surface area contributed by atoms with Gasteiger partial charge in [0.1, 0.15) is 11.8 Å². The highest BCUT2D eigenvalue weighted by atomic mass is 16.5. The largest absolute Gasteiger partial charge is 0.496 e. The molecule has 0 bridgehead atoms. The van der Waals surface area contributed by atoms with E-state index >= 15 is 0 Å². The number of rotatable bonds is 3. The van der Waals surface area contributed by atoms with Crippen LogP contribution in [0.1, 0.15) is 22.7 Å². The predicted octanol–water partition coefficient (Wildman–Crippen LogP) is 0.999. The standard InChI is InChI=1S/C14H20N2O3/c1-8-6-10(7-9(2)13(8)19-3)11-12(14(17)18)16-5-4-15-11/h6-7,11-12,15-16H,4-5H2,1-3H3,(H,17,18). The Bertz CT molecular complexity index is 465. The Morgan fingerprint density at radius 1 is 1.26 bits per heavy atom. The van der Waals surface area contributed by atoms with E-state index in [1.54, 1.807) is 7.11 Å². The van der Waals surface area contributed by atoms with Crippen LogP contribution < -0.4 is 15.4 Å². The first-order valence-electron chi connectivity index (χ1n) is 6.39. The fourth-order valence-corrected chi connectivity index (χ4v) is 2.72. The Balaban J connectivity index is 2.37. The van der Waals surface area contributed by atoms with Crippen molar-refractivity contribution in [3.8, 4) is 5.75 Å². The summed E-state index contributed by atoms with van der Waals surface area (Å²) in [6, 6.07) is 3.18. The van der Waals surface area contributed by atoms with E-state index in [0.717, 1.165) is 29.0 Å². The second-order valence-electron chi connectivity index (χ2n) is 4.89. The summed E-state index contributed by atoms with van der Waals surface area (Å²) in [7, 11) is 1.65. The second kappa shape index (κ2) is 5.59. The van der Waals surface area contributed by atoms with Gasteiger partial charge >= 0.3 is 5.97 Å². The minimum absolute atomic E-state index is 0.213. The Hall–Kier alpha value is -1.59. The molecule has 1 aromatic rings. The van der Waals surface area contributed by atoms with Crippen molar-refractivity contribution >= 4 is 5.97 Å². The summed E-state index contributed by atoms with van der Waals surface area (Å²) < 4.78 is 5.34. The molecule has 0 radical (unpaired) electrons. The SMILES string of the molecule is COc1c(C)cc(C2NCCNC2C(=O)O)cc1C. The first-order chi connectivity index (χ1) is 9.04. The van der Waals surface area contributed by atoms with E-state index in [2.05, 4.69) is 10.6 Å². The molecule has 3 N–H and O–H groups in total. The van der Waals surface area contributed by atoms with E-state index in [4.69, 9.17) is 4.74 Å². The molecular weight excluding hydrogens is 244 g/mol. The van der Waals surface area contributed by atoms with Crippen LogP contribution in [0.4, 0.5) is 0 Å². The molecule has 0 spiro atoms. The van der Waals surface area contributed by atoms with Gasteiger partial charge in [0, 0.05) is 13.1 Å². The number of carboxylic acid groups (broad SMARTS) is 1. The fraction of sp³-hybridized carbons (Fsp3) is 0.500. The molecule has 0 saturated carbocycles. The molecule has 19 heavy (non-hydrogen) atoms. The molecule has 0 aliphatic carbocycles. The van der Waals surface area contributed by atoms with Gasteiger partial charge in [-0.05, 0) is 30.5 Å². The van der Waals surface area contributed by atoms with Crippen LogP contribution in [0.2, 0.25) is 0 Å². The van der Waals surface area contributed by atoms with Crippen LogP contribution in [0.15, 0.2) is 12.1 Å². The number of nitrogens with one attached hydrogen (secondary N) is 2. The monoisotopic (exact) mass is 264 g/mol. The Morgan fingerprint density at radius 2 is 1.84 bits per heavy atom. The van der Waals surface area contributed by atoms with Crippen molar-refractivity contribution in [2.24, 2.45) is 0 Å². The van der Waals surface area contributed by atoms with Crippen molar-refractivity contribution in [3.05, 3.63) is 28.8 Å². The average molecular weight is 264 g/mol. The average Bonchev–Trinajstić information content (AvgIpc) is 2.38. The van der Waals surface area contributed by atoms with Gasteiger partial charge in [0.2, 0.25) is 0 Å². The number of aryl methyl sites for hydroxylation is 2. The molecule has 5 heteroatoms. The number of ether oxygens (including phenoxy) is 1. The van der Waals surface area contributed by atoms with Gasteiger partial charge in [-0.25, -0.2) is 0 Å². The van der Waals surface area contributed by atoms with Gasteiger partial charge in [-0.3, -0.25) is 4.79 Å². The molecule has 0 aromatic heterocycles. The number of carboxylic acids is 1. The molecule has 2 unspecified atom stereocenters. The normalized spacial score (nSPS) is 23.1. The van der Waals surface area contributed by atoms with E-state index in [1.165, 1.54) is 0 Å². The van der Waals surface area contributed by atoms with Crippen LogP contribution in [-0.2, 0) is 4.79 Å². The maximum Gasteiger partial charge on any atom is 0.322 e. The number of carbonyl (C=O) groups is 1. The number of benzene rings is 1. The summed E-state index contributed by atoms with van der Waals surface area (Å²) in [5.41, 5.74) is 3.03. The molecule has 0 amide bonds. The number of aliphatic carboxylic acids is 1. The third kappa shape index (κ3) is 2.72. The second-order valence-corrected chi connectivity index (χ2v) is 4.89. The fourth-order valence-electron chi connectivity index (χ4n) is 2.72. The molecule has 1 aliphatic rings. The highest BCUT2D eigenvalue weighted by Crippen LogP contribution is 2.29. The predicted molar refractivity (Wildman–Crippen MR) is 72.6 cm³/mol. The molecule has 1 heterocycles. The zero-order valence-electron chi connectivity index (χ0n) is 11.5. The lowest BCUT2D eigenvalue weighted by Crippen LogP contribution is -2.54. The van der Waals surface area contributed by atoms with E-state index in [9.17, 15) is 9.90 Å². The Kier molecular flexibility index (Phi) is 4.07. The van der Waals surface area contributed by atoms with E-state index < -0.39 is 12.0 Å². The molecule has 5 nitrogen and oxygen atoms in total. The van der Waals surface area contributed by atoms with Crippen LogP contribution in [-0.4, -0.2) is 37.3 Å². The Labute approximate surface area is 113 Å². The quantitative estimate of drug-likeness (QED) is 0.760. The van der Waals surface area contributed by atoms with Crippen molar-refractivity contribution < 1.29 is 14.6 Å². The lowest BCUT2D eigenvalue weighted by Gasteiger charge is -2.31. The summed E-state index contributed by atoms with van der Waals surface area (Å²) in [5.74, 6) is 0.0303. The minimum atomic E-state index is -0.830. The third-order valence-corrected chi connectivity index (χ3v) is 3.50. The van der Waals surface area contributed by atoms with Crippen molar-refractivity contribution in [3.63, 3.8) is 0 Å². The molecule has 2 atom stereocenters. The highest BCUT2D eigenvalue weighted by Gasteiger charge is 2.31. The molecular formula is C14H20N2O3. The lowest BCUT2D eigenvalue weighted by molar-refractivity contribution is -0.140. The minimum Gasteiger partial charge on any atom is -0.496 e. The molecule has 1 saturated heterocycles. The summed E-state index contributed by atoms with van der Waals surface area (Å²) in [6.45, 7) is 5.38.